The number of nitrogens with zero attached hydrogens (tertiary/aromatic N) is 2. The molecule has 3 aliphatic rings. The molecule has 1 N–H and O–H groups in total. The average molecular weight is 452 g/mol. The van der Waals surface area contributed by atoms with E-state index in [9.17, 15) is 18.0 Å². The number of sulfonamides is 1. The fourth-order valence-electron chi connectivity index (χ4n) is 6.10. The molecular weight excluding hydrogens is 418 g/mol. The fourth-order valence-corrected chi connectivity index (χ4v) is 8.42. The van der Waals surface area contributed by atoms with Gasteiger partial charge in [0.05, 0.1) is 11.4 Å². The van der Waals surface area contributed by atoms with Crippen molar-refractivity contribution < 1.29 is 22.7 Å². The van der Waals surface area contributed by atoms with Crippen LogP contribution in [-0.4, -0.2) is 61.0 Å². The second-order valence-corrected chi connectivity index (χ2v) is 11.7. The van der Waals surface area contributed by atoms with Crippen molar-refractivity contribution in [1.82, 2.24) is 14.2 Å². The molecule has 2 saturated carbocycles. The Morgan fingerprint density at radius 2 is 2.03 bits per heavy atom. The van der Waals surface area contributed by atoms with Gasteiger partial charge in [0.2, 0.25) is 15.7 Å². The van der Waals surface area contributed by atoms with Gasteiger partial charge in [-0.3, -0.25) is 10.1 Å². The van der Waals surface area contributed by atoms with E-state index in [1.165, 1.54) is 4.31 Å². The zero-order chi connectivity index (χ0) is 22.7. The lowest BCUT2D eigenvalue weighted by Gasteiger charge is -2.42. The zero-order valence-electron chi connectivity index (χ0n) is 18.8. The number of aromatic nitrogens is 1. The first kappa shape index (κ1) is 22.5. The molecule has 9 heteroatoms. The Hall–Kier alpha value is -1.71. The third-order valence-corrected chi connectivity index (χ3v) is 10.5. The first-order chi connectivity index (χ1) is 14.6. The summed E-state index contributed by atoms with van der Waals surface area (Å²) < 4.78 is 35.7. The van der Waals surface area contributed by atoms with Crippen LogP contribution < -0.4 is 5.32 Å². The van der Waals surface area contributed by atoms with Crippen molar-refractivity contribution in [2.75, 3.05) is 25.4 Å². The van der Waals surface area contributed by atoms with E-state index in [2.05, 4.69) is 19.2 Å². The Balaban J connectivity index is 1.63. The molecule has 2 aliphatic carbocycles. The number of carbonyl (C=O) groups excluding carboxylic acids is 2. The Labute approximate surface area is 184 Å². The molecule has 0 aromatic carbocycles. The van der Waals surface area contributed by atoms with Crippen LogP contribution in [0.25, 0.3) is 0 Å². The molecule has 0 radical (unpaired) electrons. The van der Waals surface area contributed by atoms with Gasteiger partial charge in [-0.25, -0.2) is 17.5 Å². The van der Waals surface area contributed by atoms with Gasteiger partial charge in [-0.2, -0.15) is 0 Å². The Bertz CT molecular complexity index is 977. The lowest BCUT2D eigenvalue weighted by Crippen LogP contribution is -2.50. The summed E-state index contributed by atoms with van der Waals surface area (Å²) in [5, 5.41) is 3.06. The van der Waals surface area contributed by atoms with Crippen LogP contribution in [0.15, 0.2) is 18.3 Å². The summed E-state index contributed by atoms with van der Waals surface area (Å²) in [6, 6.07) is 3.37. The van der Waals surface area contributed by atoms with Crippen LogP contribution >= 0.6 is 0 Å². The molecule has 1 aromatic rings. The molecule has 3 fully saturated rings. The predicted molar refractivity (Wildman–Crippen MR) is 116 cm³/mol. The number of rotatable bonds is 9. The molecule has 31 heavy (non-hydrogen) atoms. The SMILES string of the molecule is CCN(CC)S(=O)(=O)C[C@@]12CC[C@H](C[C@H]1OC(=O)[C@]1(n3cccc3C=O)CN1)C2(C)C. The highest BCUT2D eigenvalue weighted by atomic mass is 32.2. The lowest BCUT2D eigenvalue weighted by molar-refractivity contribution is -0.162. The molecule has 2 heterocycles. The van der Waals surface area contributed by atoms with Crippen LogP contribution in [0, 0.1) is 16.7 Å². The molecule has 4 atom stereocenters. The van der Waals surface area contributed by atoms with E-state index in [0.29, 0.717) is 44.0 Å². The first-order valence-corrected chi connectivity index (χ1v) is 12.8. The van der Waals surface area contributed by atoms with Crippen molar-refractivity contribution in [3.63, 3.8) is 0 Å². The van der Waals surface area contributed by atoms with E-state index in [0.717, 1.165) is 12.8 Å². The van der Waals surface area contributed by atoms with Gasteiger partial charge in [0.1, 0.15) is 6.10 Å². The highest BCUT2D eigenvalue weighted by molar-refractivity contribution is 7.89. The Morgan fingerprint density at radius 1 is 1.35 bits per heavy atom. The smallest absolute Gasteiger partial charge is 0.349 e. The normalized spacial score (nSPS) is 33.6. The van der Waals surface area contributed by atoms with Crippen LogP contribution in [-0.2, 0) is 25.2 Å². The maximum absolute atomic E-state index is 13.3. The molecule has 0 amide bonds. The molecule has 2 bridgehead atoms. The quantitative estimate of drug-likeness (QED) is 0.349. The number of hydrogen-bond donors (Lipinski definition) is 1. The van der Waals surface area contributed by atoms with E-state index < -0.39 is 33.2 Å². The zero-order valence-corrected chi connectivity index (χ0v) is 19.6. The van der Waals surface area contributed by atoms with Crippen molar-refractivity contribution in [3.05, 3.63) is 24.0 Å². The highest BCUT2D eigenvalue weighted by Crippen LogP contribution is 2.67. The average Bonchev–Trinajstić information content (AvgIpc) is 3.26. The van der Waals surface area contributed by atoms with Crippen molar-refractivity contribution in [1.29, 1.82) is 0 Å². The standard InChI is InChI=1S/C22H33N3O5S/c1-5-24(6-2)31(28,29)15-21-10-9-16(20(21,3)4)12-18(21)30-19(27)22(14-23-22)25-11-7-8-17(25)13-26/h7-8,11,13,16,18,23H,5-6,9-10,12,14-15H2,1-4H3/t16-,18-,21+,22-/m1/s1. The number of hydrogen-bond acceptors (Lipinski definition) is 6. The minimum atomic E-state index is -3.49. The number of aldehydes is 1. The maximum atomic E-state index is 13.3. The number of ether oxygens (including phenoxy) is 1. The van der Waals surface area contributed by atoms with Gasteiger partial charge in [0.25, 0.3) is 0 Å². The predicted octanol–water partition coefficient (Wildman–Crippen LogP) is 1.97. The van der Waals surface area contributed by atoms with Crippen molar-refractivity contribution in [3.8, 4) is 0 Å². The molecule has 1 saturated heterocycles. The minimum Gasteiger partial charge on any atom is -0.459 e. The van der Waals surface area contributed by atoms with Crippen LogP contribution in [0.2, 0.25) is 0 Å². The summed E-state index contributed by atoms with van der Waals surface area (Å²) in [4.78, 5) is 24.7. The number of nitrogens with one attached hydrogen (secondary N) is 1. The summed E-state index contributed by atoms with van der Waals surface area (Å²) in [5.41, 5.74) is -1.54. The van der Waals surface area contributed by atoms with Crippen LogP contribution in [0.3, 0.4) is 0 Å². The molecule has 0 spiro atoms. The van der Waals surface area contributed by atoms with Gasteiger partial charge in [-0.15, -0.1) is 0 Å². The van der Waals surface area contributed by atoms with Gasteiger partial charge in [0.15, 0.2) is 6.29 Å². The number of esters is 1. The topological polar surface area (TPSA) is 108 Å². The second-order valence-electron chi connectivity index (χ2n) is 9.72. The molecule has 1 aliphatic heterocycles. The second kappa shape index (κ2) is 7.42. The van der Waals surface area contributed by atoms with E-state index >= 15 is 0 Å². The van der Waals surface area contributed by atoms with Gasteiger partial charge in [0, 0.05) is 31.2 Å². The minimum absolute atomic E-state index is 0.00728. The van der Waals surface area contributed by atoms with Gasteiger partial charge >= 0.3 is 5.97 Å². The van der Waals surface area contributed by atoms with Crippen molar-refractivity contribution in [2.24, 2.45) is 16.7 Å². The first-order valence-electron chi connectivity index (χ1n) is 11.1. The Kier molecular flexibility index (Phi) is 5.38. The molecule has 8 nitrogen and oxygen atoms in total. The van der Waals surface area contributed by atoms with Crippen LogP contribution in [0.4, 0.5) is 0 Å². The monoisotopic (exact) mass is 451 g/mol. The maximum Gasteiger partial charge on any atom is 0.349 e. The van der Waals surface area contributed by atoms with E-state index in [1.807, 2.05) is 13.8 Å². The summed E-state index contributed by atoms with van der Waals surface area (Å²) in [6.07, 6.45) is 4.30. The molecule has 1 aromatic heterocycles. The molecular formula is C22H33N3O5S. The van der Waals surface area contributed by atoms with Crippen LogP contribution in [0.1, 0.15) is 57.4 Å². The third kappa shape index (κ3) is 3.19. The van der Waals surface area contributed by atoms with E-state index in [1.54, 1.807) is 22.9 Å². The van der Waals surface area contributed by atoms with E-state index in [-0.39, 0.29) is 11.2 Å². The number of fused-ring (bicyclic) bond motifs is 2. The fraction of sp³-hybridized carbons (Fsp3) is 0.727. The largest absolute Gasteiger partial charge is 0.459 e. The van der Waals surface area contributed by atoms with Crippen LogP contribution in [0.5, 0.6) is 0 Å². The summed E-state index contributed by atoms with van der Waals surface area (Å²) >= 11 is 0. The summed E-state index contributed by atoms with van der Waals surface area (Å²) in [7, 11) is -3.49. The molecule has 4 rings (SSSR count). The van der Waals surface area contributed by atoms with Gasteiger partial charge in [-0.1, -0.05) is 27.7 Å². The number of carbonyl (C=O) groups is 2. The summed E-state index contributed by atoms with van der Waals surface area (Å²) in [6.45, 7) is 9.17. The Morgan fingerprint density at radius 3 is 2.58 bits per heavy atom. The van der Waals surface area contributed by atoms with Crippen molar-refractivity contribution in [2.45, 2.75) is 58.7 Å². The lowest BCUT2D eigenvalue weighted by atomic mass is 9.69. The van der Waals surface area contributed by atoms with Crippen molar-refractivity contribution >= 4 is 22.3 Å². The third-order valence-electron chi connectivity index (χ3n) is 8.31. The highest BCUT2D eigenvalue weighted by Gasteiger charge is 2.68. The van der Waals surface area contributed by atoms with Gasteiger partial charge < -0.3 is 9.30 Å². The molecule has 172 valence electrons. The molecule has 0 unspecified atom stereocenters. The van der Waals surface area contributed by atoms with E-state index in [4.69, 9.17) is 4.74 Å². The van der Waals surface area contributed by atoms with Gasteiger partial charge in [-0.05, 0) is 42.7 Å². The summed E-state index contributed by atoms with van der Waals surface area (Å²) in [5.74, 6) is -0.135.